The molecule has 1 rings (SSSR count). The zero-order chi connectivity index (χ0) is 13.1. The Morgan fingerprint density at radius 1 is 1.47 bits per heavy atom. The molecule has 1 aromatic rings. The van der Waals surface area contributed by atoms with Gasteiger partial charge in [-0.2, -0.15) is 0 Å². The summed E-state index contributed by atoms with van der Waals surface area (Å²) in [5, 5.41) is 8.38. The van der Waals surface area contributed by atoms with E-state index >= 15 is 0 Å². The summed E-state index contributed by atoms with van der Waals surface area (Å²) in [7, 11) is -3.80. The van der Waals surface area contributed by atoms with E-state index in [0.29, 0.717) is 4.47 Å². The predicted octanol–water partition coefficient (Wildman–Crippen LogP) is 1.80. The maximum atomic E-state index is 12.9. The number of benzene rings is 1. The van der Waals surface area contributed by atoms with E-state index in [2.05, 4.69) is 20.7 Å². The van der Waals surface area contributed by atoms with Crippen LogP contribution in [0.4, 0.5) is 10.1 Å². The van der Waals surface area contributed by atoms with Crippen LogP contribution in [0.15, 0.2) is 22.7 Å². The fraction of sp³-hybridized carbons (Fsp3) is 0.222. The molecule has 0 fully saturated rings. The van der Waals surface area contributed by atoms with Crippen LogP contribution >= 0.6 is 15.9 Å². The standard InChI is InChI=1S/C9H9BrFNO4S/c10-7-2-1-6(11)5-8(7)12-17(15,16)4-3-9(13)14/h1-2,5,12H,3-4H2,(H,13,14). The molecule has 8 heteroatoms. The molecule has 0 heterocycles. The van der Waals surface area contributed by atoms with Crippen molar-refractivity contribution in [2.45, 2.75) is 6.42 Å². The molecule has 94 valence electrons. The first-order valence-corrected chi connectivity index (χ1v) is 6.92. The minimum atomic E-state index is -3.80. The van der Waals surface area contributed by atoms with Crippen molar-refractivity contribution in [3.05, 3.63) is 28.5 Å². The summed E-state index contributed by atoms with van der Waals surface area (Å²) >= 11 is 3.05. The fourth-order valence-electron chi connectivity index (χ4n) is 1.02. The van der Waals surface area contributed by atoms with E-state index in [1.165, 1.54) is 12.1 Å². The molecular formula is C9H9BrFNO4S. The predicted molar refractivity (Wildman–Crippen MR) is 63.8 cm³/mol. The van der Waals surface area contributed by atoms with Crippen LogP contribution in [0.3, 0.4) is 0 Å². The minimum absolute atomic E-state index is 0.0374. The number of sulfonamides is 1. The molecule has 2 N–H and O–H groups in total. The molecule has 0 amide bonds. The second kappa shape index (κ2) is 5.46. The number of rotatable bonds is 5. The van der Waals surface area contributed by atoms with Gasteiger partial charge in [-0.3, -0.25) is 9.52 Å². The summed E-state index contributed by atoms with van der Waals surface area (Å²) in [6.45, 7) is 0. The van der Waals surface area contributed by atoms with Gasteiger partial charge in [0.1, 0.15) is 5.82 Å². The highest BCUT2D eigenvalue weighted by Gasteiger charge is 2.14. The number of nitrogens with one attached hydrogen (secondary N) is 1. The van der Waals surface area contributed by atoms with E-state index in [4.69, 9.17) is 5.11 Å². The Morgan fingerprint density at radius 2 is 2.12 bits per heavy atom. The van der Waals surface area contributed by atoms with Gasteiger partial charge < -0.3 is 5.11 Å². The lowest BCUT2D eigenvalue weighted by molar-refractivity contribution is -0.136. The highest BCUT2D eigenvalue weighted by Crippen LogP contribution is 2.24. The number of halogens is 2. The summed E-state index contributed by atoms with van der Waals surface area (Å²) in [4.78, 5) is 10.3. The van der Waals surface area contributed by atoms with Gasteiger partial charge in [-0.15, -0.1) is 0 Å². The summed E-state index contributed by atoms with van der Waals surface area (Å²) in [5.41, 5.74) is 0.0374. The maximum absolute atomic E-state index is 12.9. The van der Waals surface area contributed by atoms with Gasteiger partial charge in [0.2, 0.25) is 10.0 Å². The van der Waals surface area contributed by atoms with Crippen LogP contribution in [0.5, 0.6) is 0 Å². The topological polar surface area (TPSA) is 83.5 Å². The Kier molecular flexibility index (Phi) is 4.47. The van der Waals surface area contributed by atoms with Crippen molar-refractivity contribution in [3.63, 3.8) is 0 Å². The molecule has 0 unspecified atom stereocenters. The molecule has 0 aliphatic heterocycles. The van der Waals surface area contributed by atoms with Crippen molar-refractivity contribution < 1.29 is 22.7 Å². The van der Waals surface area contributed by atoms with Crippen molar-refractivity contribution in [2.24, 2.45) is 0 Å². The van der Waals surface area contributed by atoms with Gasteiger partial charge in [0, 0.05) is 4.47 Å². The Hall–Kier alpha value is -1.15. The largest absolute Gasteiger partial charge is 0.481 e. The van der Waals surface area contributed by atoms with E-state index in [0.717, 1.165) is 6.07 Å². The van der Waals surface area contributed by atoms with Crippen molar-refractivity contribution >= 4 is 37.6 Å². The third-order valence-electron chi connectivity index (χ3n) is 1.78. The lowest BCUT2D eigenvalue weighted by Crippen LogP contribution is -2.19. The lowest BCUT2D eigenvalue weighted by Gasteiger charge is -2.08. The Morgan fingerprint density at radius 3 is 2.71 bits per heavy atom. The number of carboxylic acids is 1. The Bertz CT molecular complexity index is 532. The smallest absolute Gasteiger partial charge is 0.304 e. The molecule has 0 spiro atoms. The van der Waals surface area contributed by atoms with Gasteiger partial charge in [-0.1, -0.05) is 0 Å². The molecule has 0 radical (unpaired) electrons. The van der Waals surface area contributed by atoms with Crippen molar-refractivity contribution in [1.29, 1.82) is 0 Å². The average Bonchev–Trinajstić information content (AvgIpc) is 2.20. The third-order valence-corrected chi connectivity index (χ3v) is 3.74. The van der Waals surface area contributed by atoms with E-state index < -0.39 is 34.0 Å². The molecule has 0 saturated carbocycles. The zero-order valence-electron chi connectivity index (χ0n) is 8.48. The van der Waals surface area contributed by atoms with Crippen LogP contribution in [0.2, 0.25) is 0 Å². The molecule has 5 nitrogen and oxygen atoms in total. The first kappa shape index (κ1) is 13.9. The normalized spacial score (nSPS) is 11.2. The third kappa shape index (κ3) is 4.70. The Labute approximate surface area is 106 Å². The van der Waals surface area contributed by atoms with Crippen LogP contribution in [0.25, 0.3) is 0 Å². The van der Waals surface area contributed by atoms with E-state index in [1.54, 1.807) is 0 Å². The second-order valence-corrected chi connectivity index (χ2v) is 5.89. The fourth-order valence-corrected chi connectivity index (χ4v) is 2.54. The summed E-state index contributed by atoms with van der Waals surface area (Å²) in [6.07, 6.45) is -0.512. The Balaban J connectivity index is 2.83. The molecule has 0 aromatic heterocycles. The van der Waals surface area contributed by atoms with Gasteiger partial charge in [0.15, 0.2) is 0 Å². The van der Waals surface area contributed by atoms with Crippen molar-refractivity contribution in [3.8, 4) is 0 Å². The number of anilines is 1. The highest BCUT2D eigenvalue weighted by atomic mass is 79.9. The van der Waals surface area contributed by atoms with Gasteiger partial charge >= 0.3 is 5.97 Å². The average molecular weight is 326 g/mol. The van der Waals surface area contributed by atoms with Crippen LogP contribution < -0.4 is 4.72 Å². The first-order chi connectivity index (χ1) is 7.80. The molecule has 0 aliphatic carbocycles. The number of hydrogen-bond acceptors (Lipinski definition) is 3. The number of hydrogen-bond donors (Lipinski definition) is 2. The number of carboxylic acid groups (broad SMARTS) is 1. The van der Waals surface area contributed by atoms with Crippen LogP contribution in [-0.2, 0) is 14.8 Å². The molecule has 0 aliphatic rings. The summed E-state index contributed by atoms with van der Waals surface area (Å²) < 4.78 is 38.3. The van der Waals surface area contributed by atoms with Crippen LogP contribution in [0, 0.1) is 5.82 Å². The SMILES string of the molecule is O=C(O)CCS(=O)(=O)Nc1cc(F)ccc1Br. The van der Waals surface area contributed by atoms with E-state index in [1.807, 2.05) is 0 Å². The van der Waals surface area contributed by atoms with Crippen molar-refractivity contribution in [1.82, 2.24) is 0 Å². The zero-order valence-corrected chi connectivity index (χ0v) is 10.9. The van der Waals surface area contributed by atoms with E-state index in [-0.39, 0.29) is 5.69 Å². The van der Waals surface area contributed by atoms with Crippen LogP contribution in [0.1, 0.15) is 6.42 Å². The summed E-state index contributed by atoms with van der Waals surface area (Å²) in [5.74, 6) is -2.37. The molecular weight excluding hydrogens is 317 g/mol. The maximum Gasteiger partial charge on any atom is 0.304 e. The highest BCUT2D eigenvalue weighted by molar-refractivity contribution is 9.10. The van der Waals surface area contributed by atoms with Gasteiger partial charge in [-0.05, 0) is 34.1 Å². The van der Waals surface area contributed by atoms with Crippen molar-refractivity contribution in [2.75, 3.05) is 10.5 Å². The van der Waals surface area contributed by atoms with Gasteiger partial charge in [-0.25, -0.2) is 12.8 Å². The van der Waals surface area contributed by atoms with Crippen LogP contribution in [-0.4, -0.2) is 25.2 Å². The second-order valence-electron chi connectivity index (χ2n) is 3.19. The quantitative estimate of drug-likeness (QED) is 0.864. The molecule has 0 bridgehead atoms. The van der Waals surface area contributed by atoms with E-state index in [9.17, 15) is 17.6 Å². The summed E-state index contributed by atoms with van der Waals surface area (Å²) in [6, 6.07) is 3.52. The molecule has 0 saturated heterocycles. The first-order valence-electron chi connectivity index (χ1n) is 4.47. The number of carbonyl (C=O) groups is 1. The molecule has 17 heavy (non-hydrogen) atoms. The van der Waals surface area contributed by atoms with Gasteiger partial charge in [0.25, 0.3) is 0 Å². The molecule has 0 atom stereocenters. The lowest BCUT2D eigenvalue weighted by atomic mass is 10.3. The van der Waals surface area contributed by atoms with Gasteiger partial charge in [0.05, 0.1) is 17.9 Å². The number of aliphatic carboxylic acids is 1. The monoisotopic (exact) mass is 325 g/mol. The minimum Gasteiger partial charge on any atom is -0.481 e. The molecule has 1 aromatic carbocycles.